The summed E-state index contributed by atoms with van der Waals surface area (Å²) in [6.07, 6.45) is 4.19. The molecule has 0 aromatic heterocycles. The smallest absolute Gasteiger partial charge is 0.253 e. The van der Waals surface area contributed by atoms with Crippen molar-refractivity contribution < 1.29 is 27.8 Å². The Morgan fingerprint density at radius 2 is 1.62 bits per heavy atom. The molecule has 0 spiro atoms. The molecule has 1 fully saturated rings. The highest BCUT2D eigenvalue weighted by molar-refractivity contribution is 6.02. The molecule has 0 aliphatic carbocycles. The van der Waals surface area contributed by atoms with Crippen LogP contribution in [0, 0.1) is 11.6 Å². The number of benzene rings is 3. The lowest BCUT2D eigenvalue weighted by molar-refractivity contribution is -0.111. The van der Waals surface area contributed by atoms with Gasteiger partial charge in [-0.15, -0.1) is 0 Å². The minimum Gasteiger partial charge on any atom is -0.486 e. The Morgan fingerprint density at radius 3 is 2.35 bits per heavy atom. The third-order valence-corrected chi connectivity index (χ3v) is 6.60. The maximum Gasteiger partial charge on any atom is 0.253 e. The van der Waals surface area contributed by atoms with E-state index in [2.05, 4.69) is 5.32 Å². The van der Waals surface area contributed by atoms with Gasteiger partial charge in [0, 0.05) is 42.0 Å². The summed E-state index contributed by atoms with van der Waals surface area (Å²) in [4.78, 5) is 27.1. The second-order valence-electron chi connectivity index (χ2n) is 9.04. The third kappa shape index (κ3) is 5.80. The Kier molecular flexibility index (Phi) is 7.16. The van der Waals surface area contributed by atoms with Gasteiger partial charge in [-0.1, -0.05) is 12.1 Å². The predicted octanol–water partition coefficient (Wildman–Crippen LogP) is 5.41. The molecule has 37 heavy (non-hydrogen) atoms. The molecule has 190 valence electrons. The number of fused-ring (bicyclic) bond motifs is 1. The van der Waals surface area contributed by atoms with Crippen molar-refractivity contribution in [3.05, 3.63) is 95.1 Å². The molecule has 0 unspecified atom stereocenters. The van der Waals surface area contributed by atoms with Gasteiger partial charge in [-0.05, 0) is 72.9 Å². The van der Waals surface area contributed by atoms with E-state index in [1.165, 1.54) is 18.2 Å². The largest absolute Gasteiger partial charge is 0.486 e. The molecule has 2 amide bonds. The van der Waals surface area contributed by atoms with E-state index in [0.29, 0.717) is 55.0 Å². The first kappa shape index (κ1) is 24.5. The van der Waals surface area contributed by atoms with Gasteiger partial charge in [0.1, 0.15) is 24.8 Å². The Hall–Kier alpha value is -4.20. The van der Waals surface area contributed by atoms with E-state index < -0.39 is 17.5 Å². The number of piperidine rings is 1. The van der Waals surface area contributed by atoms with Crippen LogP contribution in [0.2, 0.25) is 0 Å². The monoisotopic (exact) mass is 504 g/mol. The first-order valence-electron chi connectivity index (χ1n) is 12.2. The summed E-state index contributed by atoms with van der Waals surface area (Å²) in [5.74, 6) is -0.236. The van der Waals surface area contributed by atoms with Crippen molar-refractivity contribution >= 4 is 23.6 Å². The molecular formula is C29H26F2N2O4. The van der Waals surface area contributed by atoms with E-state index in [1.54, 1.807) is 18.2 Å². The van der Waals surface area contributed by atoms with Gasteiger partial charge in [-0.25, -0.2) is 8.78 Å². The SMILES string of the molecule is O=C(/C=C/c1ccc(F)cc1F)Nc1ccc(C2CCN(C(=O)c3ccc4c(c3)OCCO4)CC2)cc1. The van der Waals surface area contributed by atoms with Crippen LogP contribution in [0.4, 0.5) is 14.5 Å². The van der Waals surface area contributed by atoms with Gasteiger partial charge < -0.3 is 19.7 Å². The number of ether oxygens (including phenoxy) is 2. The number of nitrogens with one attached hydrogen (secondary N) is 1. The predicted molar refractivity (Wildman–Crippen MR) is 136 cm³/mol. The van der Waals surface area contributed by atoms with Crippen LogP contribution in [0.25, 0.3) is 6.08 Å². The molecule has 1 saturated heterocycles. The number of hydrogen-bond acceptors (Lipinski definition) is 4. The first-order valence-corrected chi connectivity index (χ1v) is 12.2. The van der Waals surface area contributed by atoms with E-state index in [4.69, 9.17) is 9.47 Å². The van der Waals surface area contributed by atoms with Gasteiger partial charge in [0.15, 0.2) is 11.5 Å². The van der Waals surface area contributed by atoms with Crippen LogP contribution >= 0.6 is 0 Å². The summed E-state index contributed by atoms with van der Waals surface area (Å²) in [6, 6.07) is 16.1. The summed E-state index contributed by atoms with van der Waals surface area (Å²) in [5, 5.41) is 2.74. The summed E-state index contributed by atoms with van der Waals surface area (Å²) < 4.78 is 37.9. The zero-order valence-corrected chi connectivity index (χ0v) is 20.1. The number of likely N-dealkylation sites (tertiary alicyclic amines) is 1. The average molecular weight is 505 g/mol. The molecule has 2 aliphatic rings. The second kappa shape index (κ2) is 10.8. The quantitative estimate of drug-likeness (QED) is 0.472. The number of carbonyl (C=O) groups is 2. The summed E-state index contributed by atoms with van der Waals surface area (Å²) in [5.41, 5.74) is 2.49. The molecule has 6 nitrogen and oxygen atoms in total. The fourth-order valence-electron chi connectivity index (χ4n) is 4.60. The van der Waals surface area contributed by atoms with Crippen LogP contribution in [-0.2, 0) is 4.79 Å². The van der Waals surface area contributed by atoms with Crippen molar-refractivity contribution in [2.75, 3.05) is 31.6 Å². The number of hydrogen-bond donors (Lipinski definition) is 1. The van der Waals surface area contributed by atoms with Crippen molar-refractivity contribution in [2.24, 2.45) is 0 Å². The minimum absolute atomic E-state index is 0.0120. The lowest BCUT2D eigenvalue weighted by atomic mass is 9.89. The number of rotatable bonds is 5. The molecule has 3 aromatic carbocycles. The van der Waals surface area contributed by atoms with Crippen LogP contribution in [0.3, 0.4) is 0 Å². The number of anilines is 1. The lowest BCUT2D eigenvalue weighted by Crippen LogP contribution is -2.38. The zero-order chi connectivity index (χ0) is 25.8. The number of nitrogens with zero attached hydrogens (tertiary/aromatic N) is 1. The number of halogens is 2. The van der Waals surface area contributed by atoms with Gasteiger partial charge in [0.2, 0.25) is 5.91 Å². The molecule has 3 aromatic rings. The molecule has 5 rings (SSSR count). The van der Waals surface area contributed by atoms with E-state index >= 15 is 0 Å². The Labute approximate surface area is 213 Å². The lowest BCUT2D eigenvalue weighted by Gasteiger charge is -2.32. The van der Waals surface area contributed by atoms with Gasteiger partial charge in [0.25, 0.3) is 5.91 Å². The zero-order valence-electron chi connectivity index (χ0n) is 20.1. The minimum atomic E-state index is -0.729. The molecule has 0 atom stereocenters. The van der Waals surface area contributed by atoms with Crippen LogP contribution in [0.5, 0.6) is 11.5 Å². The van der Waals surface area contributed by atoms with Gasteiger partial charge in [0.05, 0.1) is 0 Å². The van der Waals surface area contributed by atoms with Crippen LogP contribution in [0.15, 0.2) is 66.7 Å². The van der Waals surface area contributed by atoms with E-state index in [-0.39, 0.29) is 11.5 Å². The molecule has 2 aliphatic heterocycles. The third-order valence-electron chi connectivity index (χ3n) is 6.60. The summed E-state index contributed by atoms with van der Waals surface area (Å²) in [6.45, 7) is 2.30. The van der Waals surface area contributed by atoms with Crippen LogP contribution in [-0.4, -0.2) is 43.0 Å². The van der Waals surface area contributed by atoms with E-state index in [0.717, 1.165) is 30.5 Å². The van der Waals surface area contributed by atoms with Crippen molar-refractivity contribution in [3.63, 3.8) is 0 Å². The Morgan fingerprint density at radius 1 is 0.892 bits per heavy atom. The highest BCUT2D eigenvalue weighted by atomic mass is 19.1. The van der Waals surface area contributed by atoms with Gasteiger partial charge >= 0.3 is 0 Å². The molecule has 0 radical (unpaired) electrons. The topological polar surface area (TPSA) is 67.9 Å². The van der Waals surface area contributed by atoms with Crippen molar-refractivity contribution in [3.8, 4) is 11.5 Å². The van der Waals surface area contributed by atoms with Crippen molar-refractivity contribution in [1.82, 2.24) is 4.90 Å². The Bertz CT molecular complexity index is 1330. The summed E-state index contributed by atoms with van der Waals surface area (Å²) in [7, 11) is 0. The molecule has 1 N–H and O–H groups in total. The molecular weight excluding hydrogens is 478 g/mol. The van der Waals surface area contributed by atoms with Crippen molar-refractivity contribution in [1.29, 1.82) is 0 Å². The second-order valence-corrected chi connectivity index (χ2v) is 9.04. The number of carbonyl (C=O) groups excluding carboxylic acids is 2. The average Bonchev–Trinajstić information content (AvgIpc) is 2.92. The number of amides is 2. The van der Waals surface area contributed by atoms with Gasteiger partial charge in [-0.3, -0.25) is 9.59 Å². The molecule has 0 bridgehead atoms. The van der Waals surface area contributed by atoms with E-state index in [1.807, 2.05) is 29.2 Å². The van der Waals surface area contributed by atoms with Crippen molar-refractivity contribution in [2.45, 2.75) is 18.8 Å². The molecule has 8 heteroatoms. The fourth-order valence-corrected chi connectivity index (χ4v) is 4.60. The van der Waals surface area contributed by atoms with Gasteiger partial charge in [-0.2, -0.15) is 0 Å². The first-order chi connectivity index (χ1) is 18.0. The maximum absolute atomic E-state index is 13.7. The normalized spacial score (nSPS) is 15.6. The molecule has 0 saturated carbocycles. The highest BCUT2D eigenvalue weighted by Crippen LogP contribution is 2.33. The molecule has 2 heterocycles. The maximum atomic E-state index is 13.7. The van der Waals surface area contributed by atoms with Crippen LogP contribution < -0.4 is 14.8 Å². The standard InChI is InChI=1S/C29H26F2N2O4/c30-23-6-1-21(25(31)18-23)5-10-28(34)32-24-7-2-19(3-8-24)20-11-13-33(14-12-20)29(35)22-4-9-26-27(17-22)37-16-15-36-26/h1-10,17-18,20H,11-16H2,(H,32,34)/b10-5+. The Balaban J connectivity index is 1.13. The highest BCUT2D eigenvalue weighted by Gasteiger charge is 2.25. The van der Waals surface area contributed by atoms with E-state index in [9.17, 15) is 18.4 Å². The summed E-state index contributed by atoms with van der Waals surface area (Å²) >= 11 is 0. The fraction of sp³-hybridized carbons (Fsp3) is 0.241. The van der Waals surface area contributed by atoms with Crippen LogP contribution in [0.1, 0.15) is 40.2 Å².